The summed E-state index contributed by atoms with van der Waals surface area (Å²) in [7, 11) is 0. The minimum Gasteiger partial charge on any atom is -0.486 e. The van der Waals surface area contributed by atoms with E-state index in [1.807, 2.05) is 31.2 Å². The average molecular weight is 315 g/mol. The summed E-state index contributed by atoms with van der Waals surface area (Å²) in [6.45, 7) is 3.16. The Hall–Kier alpha value is -2.56. The van der Waals surface area contributed by atoms with Crippen molar-refractivity contribution in [2.45, 2.75) is 13.0 Å². The summed E-state index contributed by atoms with van der Waals surface area (Å²) in [5, 5.41) is 0. The van der Waals surface area contributed by atoms with Gasteiger partial charge in [0.05, 0.1) is 6.54 Å². The Morgan fingerprint density at radius 2 is 2.00 bits per heavy atom. The van der Waals surface area contributed by atoms with E-state index in [0.717, 1.165) is 0 Å². The summed E-state index contributed by atoms with van der Waals surface area (Å²) in [6.07, 6.45) is -0.248. The van der Waals surface area contributed by atoms with E-state index in [2.05, 4.69) is 0 Å². The van der Waals surface area contributed by atoms with Crippen molar-refractivity contribution in [2.24, 2.45) is 0 Å². The second-order valence-electron chi connectivity index (χ2n) is 5.35. The van der Waals surface area contributed by atoms with Crippen molar-refractivity contribution in [3.63, 3.8) is 0 Å². The predicted molar refractivity (Wildman–Crippen MR) is 84.3 cm³/mol. The molecule has 3 rings (SSSR count). The SMILES string of the molecule is CCN(CC1COc2ccccc2O1)C(=O)c1cccc(F)c1. The maximum absolute atomic E-state index is 13.3. The highest BCUT2D eigenvalue weighted by atomic mass is 19.1. The van der Waals surface area contributed by atoms with Crippen molar-refractivity contribution in [1.82, 2.24) is 4.90 Å². The van der Waals surface area contributed by atoms with Gasteiger partial charge in [0.15, 0.2) is 17.6 Å². The fourth-order valence-corrected chi connectivity index (χ4v) is 2.56. The third kappa shape index (κ3) is 3.44. The number of likely N-dealkylation sites (N-methyl/N-ethyl adjacent to an activating group) is 1. The Labute approximate surface area is 134 Å². The molecule has 0 saturated heterocycles. The number of halogens is 1. The molecular formula is C18H18FNO3. The average Bonchev–Trinajstić information content (AvgIpc) is 2.59. The number of rotatable bonds is 4. The molecule has 0 bridgehead atoms. The molecule has 1 heterocycles. The summed E-state index contributed by atoms with van der Waals surface area (Å²) in [6, 6.07) is 13.2. The Balaban J connectivity index is 1.69. The smallest absolute Gasteiger partial charge is 0.254 e. The molecule has 2 aromatic carbocycles. The predicted octanol–water partition coefficient (Wildman–Crippen LogP) is 3.13. The topological polar surface area (TPSA) is 38.8 Å². The Morgan fingerprint density at radius 3 is 2.74 bits per heavy atom. The van der Waals surface area contributed by atoms with Gasteiger partial charge < -0.3 is 14.4 Å². The van der Waals surface area contributed by atoms with E-state index < -0.39 is 5.82 Å². The van der Waals surface area contributed by atoms with E-state index in [9.17, 15) is 9.18 Å². The van der Waals surface area contributed by atoms with Crippen LogP contribution in [0.15, 0.2) is 48.5 Å². The summed E-state index contributed by atoms with van der Waals surface area (Å²) in [5.41, 5.74) is 0.337. The molecule has 5 heteroatoms. The molecule has 1 unspecified atom stereocenters. The van der Waals surface area contributed by atoms with Gasteiger partial charge in [-0.2, -0.15) is 0 Å². The van der Waals surface area contributed by atoms with Gasteiger partial charge in [-0.3, -0.25) is 4.79 Å². The first-order valence-electron chi connectivity index (χ1n) is 7.60. The van der Waals surface area contributed by atoms with E-state index in [4.69, 9.17) is 9.47 Å². The molecule has 0 fully saturated rings. The molecular weight excluding hydrogens is 297 g/mol. The van der Waals surface area contributed by atoms with Gasteiger partial charge in [0.25, 0.3) is 5.91 Å². The molecule has 4 nitrogen and oxygen atoms in total. The lowest BCUT2D eigenvalue weighted by Gasteiger charge is -2.31. The van der Waals surface area contributed by atoms with Crippen LogP contribution in [0.3, 0.4) is 0 Å². The van der Waals surface area contributed by atoms with Crippen LogP contribution in [-0.4, -0.2) is 36.6 Å². The molecule has 0 N–H and O–H groups in total. The summed E-state index contributed by atoms with van der Waals surface area (Å²) in [4.78, 5) is 14.1. The quantitative estimate of drug-likeness (QED) is 0.870. The largest absolute Gasteiger partial charge is 0.486 e. The minimum absolute atomic E-state index is 0.213. The number of ether oxygens (including phenoxy) is 2. The number of nitrogens with zero attached hydrogens (tertiary/aromatic N) is 1. The van der Waals surface area contributed by atoms with Gasteiger partial charge in [-0.25, -0.2) is 4.39 Å². The van der Waals surface area contributed by atoms with E-state index in [-0.39, 0.29) is 12.0 Å². The van der Waals surface area contributed by atoms with Crippen LogP contribution in [0.5, 0.6) is 11.5 Å². The lowest BCUT2D eigenvalue weighted by atomic mass is 10.1. The van der Waals surface area contributed by atoms with Crippen LogP contribution >= 0.6 is 0 Å². The summed E-state index contributed by atoms with van der Waals surface area (Å²) < 4.78 is 24.8. The molecule has 0 radical (unpaired) electrons. The molecule has 0 aromatic heterocycles. The normalized spacial score (nSPS) is 16.0. The van der Waals surface area contributed by atoms with Crippen LogP contribution in [0.1, 0.15) is 17.3 Å². The molecule has 120 valence electrons. The van der Waals surface area contributed by atoms with E-state index in [0.29, 0.717) is 36.8 Å². The highest BCUT2D eigenvalue weighted by molar-refractivity contribution is 5.94. The van der Waals surface area contributed by atoms with Crippen molar-refractivity contribution in [2.75, 3.05) is 19.7 Å². The van der Waals surface area contributed by atoms with Gasteiger partial charge in [-0.05, 0) is 37.3 Å². The van der Waals surface area contributed by atoms with E-state index in [1.54, 1.807) is 11.0 Å². The van der Waals surface area contributed by atoms with Crippen molar-refractivity contribution in [3.8, 4) is 11.5 Å². The zero-order valence-electron chi connectivity index (χ0n) is 12.9. The number of carbonyl (C=O) groups excluding carboxylic acids is 1. The number of para-hydroxylation sites is 2. The second kappa shape index (κ2) is 6.69. The fourth-order valence-electron chi connectivity index (χ4n) is 2.56. The Kier molecular flexibility index (Phi) is 4.46. The molecule has 1 aliphatic rings. The van der Waals surface area contributed by atoms with Gasteiger partial charge in [0.2, 0.25) is 0 Å². The fraction of sp³-hybridized carbons (Fsp3) is 0.278. The van der Waals surface area contributed by atoms with Crippen molar-refractivity contribution >= 4 is 5.91 Å². The van der Waals surface area contributed by atoms with Crippen LogP contribution in [0.25, 0.3) is 0 Å². The first kappa shape index (κ1) is 15.3. The Bertz CT molecular complexity index is 704. The van der Waals surface area contributed by atoms with E-state index >= 15 is 0 Å². The van der Waals surface area contributed by atoms with Gasteiger partial charge in [0, 0.05) is 12.1 Å². The van der Waals surface area contributed by atoms with Crippen LogP contribution in [0.2, 0.25) is 0 Å². The molecule has 1 atom stereocenters. The summed E-state index contributed by atoms with van der Waals surface area (Å²) >= 11 is 0. The monoisotopic (exact) mass is 315 g/mol. The van der Waals surface area contributed by atoms with Crippen LogP contribution in [0, 0.1) is 5.82 Å². The van der Waals surface area contributed by atoms with Crippen molar-refractivity contribution in [3.05, 3.63) is 59.9 Å². The molecule has 0 saturated carbocycles. The molecule has 1 amide bonds. The van der Waals surface area contributed by atoms with Crippen molar-refractivity contribution in [1.29, 1.82) is 0 Å². The standard InChI is InChI=1S/C18H18FNO3/c1-2-20(18(21)13-6-5-7-14(19)10-13)11-15-12-22-16-8-3-4-9-17(16)23-15/h3-10,15H,2,11-12H2,1H3. The third-order valence-corrected chi connectivity index (χ3v) is 3.73. The van der Waals surface area contributed by atoms with Crippen molar-refractivity contribution < 1.29 is 18.7 Å². The van der Waals surface area contributed by atoms with Crippen LogP contribution < -0.4 is 9.47 Å². The number of carbonyl (C=O) groups is 1. The highest BCUT2D eigenvalue weighted by Gasteiger charge is 2.25. The lowest BCUT2D eigenvalue weighted by molar-refractivity contribution is 0.0474. The molecule has 0 spiro atoms. The third-order valence-electron chi connectivity index (χ3n) is 3.73. The number of amides is 1. The summed E-state index contributed by atoms with van der Waals surface area (Å²) in [5.74, 6) is 0.758. The van der Waals surface area contributed by atoms with E-state index in [1.165, 1.54) is 18.2 Å². The Morgan fingerprint density at radius 1 is 1.22 bits per heavy atom. The zero-order chi connectivity index (χ0) is 16.2. The lowest BCUT2D eigenvalue weighted by Crippen LogP contribution is -2.43. The number of benzene rings is 2. The first-order chi connectivity index (χ1) is 11.2. The molecule has 1 aliphatic heterocycles. The van der Waals surface area contributed by atoms with Gasteiger partial charge in [-0.1, -0.05) is 18.2 Å². The van der Waals surface area contributed by atoms with Crippen LogP contribution in [0.4, 0.5) is 4.39 Å². The maximum Gasteiger partial charge on any atom is 0.254 e. The maximum atomic E-state index is 13.3. The zero-order valence-corrected chi connectivity index (χ0v) is 12.9. The molecule has 0 aliphatic carbocycles. The highest BCUT2D eigenvalue weighted by Crippen LogP contribution is 2.31. The number of fused-ring (bicyclic) bond motifs is 1. The van der Waals surface area contributed by atoms with Gasteiger partial charge in [-0.15, -0.1) is 0 Å². The molecule has 2 aromatic rings. The molecule has 23 heavy (non-hydrogen) atoms. The number of hydrogen-bond acceptors (Lipinski definition) is 3. The van der Waals surface area contributed by atoms with Gasteiger partial charge >= 0.3 is 0 Å². The van der Waals surface area contributed by atoms with Crippen LogP contribution in [-0.2, 0) is 0 Å². The first-order valence-corrected chi connectivity index (χ1v) is 7.60. The number of hydrogen-bond donors (Lipinski definition) is 0. The second-order valence-corrected chi connectivity index (χ2v) is 5.35. The minimum atomic E-state index is -0.418. The van der Waals surface area contributed by atoms with Gasteiger partial charge in [0.1, 0.15) is 12.4 Å².